The monoisotopic (exact) mass is 436 g/mol. The number of nitrogens with zero attached hydrogens (tertiary/aromatic N) is 1. The Morgan fingerprint density at radius 1 is 1.24 bits per heavy atom. The lowest BCUT2D eigenvalue weighted by Crippen LogP contribution is -2.45. The third-order valence-electron chi connectivity index (χ3n) is 5.03. The van der Waals surface area contributed by atoms with Crippen molar-refractivity contribution in [3.05, 3.63) is 64.7 Å². The zero-order valence-electron chi connectivity index (χ0n) is 16.3. The minimum absolute atomic E-state index is 0.122. The van der Waals surface area contributed by atoms with Crippen molar-refractivity contribution in [1.29, 1.82) is 0 Å². The summed E-state index contributed by atoms with van der Waals surface area (Å²) in [5.74, 6) is 0.0802. The molecule has 0 unspecified atom stereocenters. The summed E-state index contributed by atoms with van der Waals surface area (Å²) in [6.07, 6.45) is 1.32. The first-order valence-corrected chi connectivity index (χ1v) is 11.5. The van der Waals surface area contributed by atoms with Crippen LogP contribution in [0.3, 0.4) is 0 Å². The first-order valence-electron chi connectivity index (χ1n) is 9.51. The molecule has 1 saturated heterocycles. The first-order chi connectivity index (χ1) is 13.9. The number of para-hydroxylation sites is 1. The maximum absolute atomic E-state index is 12.8. The molecule has 1 N–H and O–H groups in total. The molecule has 3 rings (SSSR count). The highest BCUT2D eigenvalue weighted by molar-refractivity contribution is 7.88. The average Bonchev–Trinajstić information content (AvgIpc) is 2.72. The summed E-state index contributed by atoms with van der Waals surface area (Å²) in [5.41, 5.74) is 1.52. The van der Waals surface area contributed by atoms with Crippen LogP contribution >= 0.6 is 11.6 Å². The van der Waals surface area contributed by atoms with Gasteiger partial charge in [-0.2, -0.15) is 0 Å². The molecule has 1 aliphatic rings. The van der Waals surface area contributed by atoms with Gasteiger partial charge in [0, 0.05) is 30.2 Å². The summed E-state index contributed by atoms with van der Waals surface area (Å²) in [4.78, 5) is 12.7. The molecule has 0 radical (unpaired) electrons. The van der Waals surface area contributed by atoms with Gasteiger partial charge in [0.15, 0.2) is 0 Å². The Labute approximate surface area is 176 Å². The molecule has 2 aromatic rings. The van der Waals surface area contributed by atoms with E-state index in [2.05, 4.69) is 5.32 Å². The lowest BCUT2D eigenvalue weighted by molar-refractivity contribution is -0.126. The van der Waals surface area contributed by atoms with Crippen LogP contribution in [0.4, 0.5) is 0 Å². The van der Waals surface area contributed by atoms with Crippen molar-refractivity contribution in [2.45, 2.75) is 25.1 Å². The second kappa shape index (κ2) is 9.61. The van der Waals surface area contributed by atoms with Gasteiger partial charge in [0.1, 0.15) is 5.75 Å². The van der Waals surface area contributed by atoms with Crippen LogP contribution in [0, 0.1) is 5.92 Å². The SMILES string of the molecule is COc1ccccc1CNC(=O)[C@H]1CCCN(S(=O)(=O)Cc2cccc(Cl)c2)C1. The summed E-state index contributed by atoms with van der Waals surface area (Å²) < 4.78 is 32.4. The van der Waals surface area contributed by atoms with E-state index in [1.54, 1.807) is 31.4 Å². The third kappa shape index (κ3) is 5.72. The van der Waals surface area contributed by atoms with Gasteiger partial charge in [0.05, 0.1) is 18.8 Å². The zero-order valence-corrected chi connectivity index (χ0v) is 17.9. The molecule has 1 heterocycles. The van der Waals surface area contributed by atoms with Crippen molar-refractivity contribution < 1.29 is 17.9 Å². The number of rotatable bonds is 7. The number of carbonyl (C=O) groups excluding carboxylic acids is 1. The Hall–Kier alpha value is -2.09. The standard InChI is InChI=1S/C21H25ClN2O4S/c1-28-20-10-3-2-7-17(20)13-23-21(25)18-8-5-11-24(14-18)29(26,27)15-16-6-4-9-19(22)12-16/h2-4,6-7,9-10,12,18H,5,8,11,13-15H2,1H3,(H,23,25)/t18-/m0/s1. The molecule has 0 bridgehead atoms. The number of methoxy groups -OCH3 is 1. The summed E-state index contributed by atoms with van der Waals surface area (Å²) in [5, 5.41) is 3.42. The second-order valence-corrected chi connectivity index (χ2v) is 9.52. The normalized spacial score (nSPS) is 17.7. The summed E-state index contributed by atoms with van der Waals surface area (Å²) >= 11 is 5.96. The Balaban J connectivity index is 1.61. The Morgan fingerprint density at radius 3 is 2.79 bits per heavy atom. The molecular weight excluding hydrogens is 412 g/mol. The summed E-state index contributed by atoms with van der Waals surface area (Å²) in [6, 6.07) is 14.3. The van der Waals surface area contributed by atoms with E-state index in [1.807, 2.05) is 24.3 Å². The number of hydrogen-bond acceptors (Lipinski definition) is 4. The number of benzene rings is 2. The first kappa shape index (κ1) is 21.6. The number of hydrogen-bond donors (Lipinski definition) is 1. The van der Waals surface area contributed by atoms with Gasteiger partial charge in [-0.15, -0.1) is 0 Å². The van der Waals surface area contributed by atoms with Crippen LogP contribution in [-0.4, -0.2) is 38.8 Å². The van der Waals surface area contributed by atoms with Crippen LogP contribution in [0.15, 0.2) is 48.5 Å². The predicted octanol–water partition coefficient (Wildman–Crippen LogP) is 3.21. The molecule has 2 aromatic carbocycles. The predicted molar refractivity (Wildman–Crippen MR) is 113 cm³/mol. The lowest BCUT2D eigenvalue weighted by Gasteiger charge is -2.31. The molecule has 0 saturated carbocycles. The van der Waals surface area contributed by atoms with E-state index >= 15 is 0 Å². The molecule has 29 heavy (non-hydrogen) atoms. The second-order valence-electron chi connectivity index (χ2n) is 7.11. The maximum atomic E-state index is 12.8. The van der Waals surface area contributed by atoms with Crippen molar-refractivity contribution >= 4 is 27.5 Å². The third-order valence-corrected chi connectivity index (χ3v) is 7.08. The van der Waals surface area contributed by atoms with Gasteiger partial charge in [-0.25, -0.2) is 12.7 Å². The van der Waals surface area contributed by atoms with Gasteiger partial charge < -0.3 is 10.1 Å². The highest BCUT2D eigenvalue weighted by atomic mass is 35.5. The van der Waals surface area contributed by atoms with Crippen LogP contribution < -0.4 is 10.1 Å². The molecule has 6 nitrogen and oxygen atoms in total. The minimum Gasteiger partial charge on any atom is -0.496 e. The van der Waals surface area contributed by atoms with Crippen LogP contribution in [0.25, 0.3) is 0 Å². The van der Waals surface area contributed by atoms with Crippen molar-refractivity contribution in [1.82, 2.24) is 9.62 Å². The van der Waals surface area contributed by atoms with E-state index in [9.17, 15) is 13.2 Å². The van der Waals surface area contributed by atoms with Crippen molar-refractivity contribution in [3.8, 4) is 5.75 Å². The number of amides is 1. The van der Waals surface area contributed by atoms with Crippen LogP contribution in [0.2, 0.25) is 5.02 Å². The minimum atomic E-state index is -3.52. The Bertz CT molecular complexity index is 965. The largest absolute Gasteiger partial charge is 0.496 e. The fourth-order valence-corrected chi connectivity index (χ4v) is 5.32. The maximum Gasteiger partial charge on any atom is 0.224 e. The smallest absolute Gasteiger partial charge is 0.224 e. The molecule has 0 aromatic heterocycles. The summed E-state index contributed by atoms with van der Waals surface area (Å²) in [6.45, 7) is 0.967. The molecular formula is C21H25ClN2O4S. The van der Waals surface area contributed by atoms with E-state index < -0.39 is 10.0 Å². The Morgan fingerprint density at radius 2 is 2.03 bits per heavy atom. The molecule has 0 spiro atoms. The van der Waals surface area contributed by atoms with E-state index in [0.717, 1.165) is 5.56 Å². The fourth-order valence-electron chi connectivity index (χ4n) is 3.51. The van der Waals surface area contributed by atoms with Gasteiger partial charge in [0.2, 0.25) is 15.9 Å². The van der Waals surface area contributed by atoms with Crippen molar-refractivity contribution in [3.63, 3.8) is 0 Å². The number of ether oxygens (including phenoxy) is 1. The molecule has 8 heteroatoms. The van der Waals surface area contributed by atoms with E-state index in [1.165, 1.54) is 4.31 Å². The number of carbonyl (C=O) groups is 1. The summed E-state index contributed by atoms with van der Waals surface area (Å²) in [7, 11) is -1.93. The van der Waals surface area contributed by atoms with Gasteiger partial charge in [0.25, 0.3) is 0 Å². The molecule has 156 valence electrons. The van der Waals surface area contributed by atoms with Gasteiger partial charge in [-0.05, 0) is 36.6 Å². The van der Waals surface area contributed by atoms with E-state index in [4.69, 9.17) is 16.3 Å². The molecule has 1 atom stereocenters. The lowest BCUT2D eigenvalue weighted by atomic mass is 9.98. The molecule has 1 fully saturated rings. The number of nitrogens with one attached hydrogen (secondary N) is 1. The van der Waals surface area contributed by atoms with Crippen LogP contribution in [0.1, 0.15) is 24.0 Å². The zero-order chi connectivity index (χ0) is 20.9. The number of piperidine rings is 1. The highest BCUT2D eigenvalue weighted by Crippen LogP contribution is 2.23. The average molecular weight is 437 g/mol. The molecule has 0 aliphatic carbocycles. The topological polar surface area (TPSA) is 75.7 Å². The van der Waals surface area contributed by atoms with Crippen molar-refractivity contribution in [2.24, 2.45) is 5.92 Å². The van der Waals surface area contributed by atoms with Gasteiger partial charge in [-0.3, -0.25) is 4.79 Å². The fraction of sp³-hybridized carbons (Fsp3) is 0.381. The van der Waals surface area contributed by atoms with Crippen LogP contribution in [-0.2, 0) is 27.1 Å². The van der Waals surface area contributed by atoms with Crippen molar-refractivity contribution in [2.75, 3.05) is 20.2 Å². The van der Waals surface area contributed by atoms with E-state index in [0.29, 0.717) is 42.3 Å². The number of halogens is 1. The number of sulfonamides is 1. The highest BCUT2D eigenvalue weighted by Gasteiger charge is 2.32. The van der Waals surface area contributed by atoms with Gasteiger partial charge >= 0.3 is 0 Å². The molecule has 1 aliphatic heterocycles. The quantitative estimate of drug-likeness (QED) is 0.723. The van der Waals surface area contributed by atoms with Gasteiger partial charge in [-0.1, -0.05) is 41.9 Å². The molecule has 1 amide bonds. The Kier molecular flexibility index (Phi) is 7.16. The van der Waals surface area contributed by atoms with E-state index in [-0.39, 0.29) is 24.1 Å². The van der Waals surface area contributed by atoms with Crippen LogP contribution in [0.5, 0.6) is 5.75 Å².